The highest BCUT2D eigenvalue weighted by atomic mass is 79.9. The van der Waals surface area contributed by atoms with E-state index in [1.165, 1.54) is 5.56 Å². The van der Waals surface area contributed by atoms with Crippen LogP contribution in [0.2, 0.25) is 0 Å². The van der Waals surface area contributed by atoms with Gasteiger partial charge in [-0.05, 0) is 25.1 Å². The van der Waals surface area contributed by atoms with Crippen LogP contribution in [0, 0.1) is 5.41 Å². The lowest BCUT2D eigenvalue weighted by atomic mass is 9.89. The molecule has 0 bridgehead atoms. The molecule has 0 spiro atoms. The van der Waals surface area contributed by atoms with Crippen molar-refractivity contribution in [2.75, 3.05) is 13.6 Å². The number of rotatable bonds is 6. The van der Waals surface area contributed by atoms with Gasteiger partial charge in [0, 0.05) is 23.0 Å². The molecule has 1 aromatic rings. The number of hydrogen-bond donors (Lipinski definition) is 0. The third-order valence-corrected chi connectivity index (χ3v) is 3.90. The summed E-state index contributed by atoms with van der Waals surface area (Å²) in [6, 6.07) is 8.19. The van der Waals surface area contributed by atoms with E-state index in [9.17, 15) is 4.79 Å². The quantitative estimate of drug-likeness (QED) is 0.749. The summed E-state index contributed by atoms with van der Waals surface area (Å²) in [6.45, 7) is 5.70. The molecule has 2 nitrogen and oxygen atoms in total. The van der Waals surface area contributed by atoms with E-state index in [0.717, 1.165) is 30.3 Å². The molecule has 1 atom stereocenters. The molecule has 0 fully saturated rings. The van der Waals surface area contributed by atoms with Crippen LogP contribution in [-0.4, -0.2) is 24.8 Å². The summed E-state index contributed by atoms with van der Waals surface area (Å²) in [5.74, 6) is 0. The monoisotopic (exact) mass is 297 g/mol. The minimum atomic E-state index is -0.240. The average Bonchev–Trinajstić information content (AvgIpc) is 2.32. The Morgan fingerprint density at radius 3 is 2.59 bits per heavy atom. The van der Waals surface area contributed by atoms with Crippen molar-refractivity contribution >= 4 is 22.2 Å². The predicted octanol–water partition coefficient (Wildman–Crippen LogP) is 3.50. The number of carbonyl (C=O) groups is 1. The molecular weight excluding hydrogens is 278 g/mol. The smallest absolute Gasteiger partial charge is 0.127 e. The van der Waals surface area contributed by atoms with Gasteiger partial charge >= 0.3 is 0 Å². The van der Waals surface area contributed by atoms with Crippen LogP contribution in [-0.2, 0) is 11.3 Å². The van der Waals surface area contributed by atoms with E-state index in [1.54, 1.807) is 0 Å². The lowest BCUT2D eigenvalue weighted by molar-refractivity contribution is -0.116. The van der Waals surface area contributed by atoms with Crippen LogP contribution in [0.5, 0.6) is 0 Å². The maximum absolute atomic E-state index is 11.1. The Kier molecular flexibility index (Phi) is 5.34. The van der Waals surface area contributed by atoms with E-state index < -0.39 is 0 Å². The first-order valence-corrected chi connectivity index (χ1v) is 6.68. The van der Waals surface area contributed by atoms with Crippen LogP contribution in [0.3, 0.4) is 0 Å². The number of nitrogens with zero attached hydrogens (tertiary/aromatic N) is 1. The van der Waals surface area contributed by atoms with Gasteiger partial charge in [-0.2, -0.15) is 0 Å². The largest absolute Gasteiger partial charge is 0.303 e. The van der Waals surface area contributed by atoms with Gasteiger partial charge in [-0.3, -0.25) is 0 Å². The van der Waals surface area contributed by atoms with Gasteiger partial charge in [0.1, 0.15) is 6.29 Å². The molecule has 0 amide bonds. The van der Waals surface area contributed by atoms with Crippen molar-refractivity contribution < 1.29 is 4.79 Å². The Morgan fingerprint density at radius 2 is 2.06 bits per heavy atom. The molecule has 94 valence electrons. The van der Waals surface area contributed by atoms with Crippen molar-refractivity contribution in [1.82, 2.24) is 4.90 Å². The summed E-state index contributed by atoms with van der Waals surface area (Å²) in [6.07, 6.45) is 1.94. The van der Waals surface area contributed by atoms with Gasteiger partial charge in [0.15, 0.2) is 0 Å². The predicted molar refractivity (Wildman–Crippen MR) is 74.9 cm³/mol. The van der Waals surface area contributed by atoms with Gasteiger partial charge in [0.25, 0.3) is 0 Å². The molecule has 0 aliphatic heterocycles. The third kappa shape index (κ3) is 4.25. The summed E-state index contributed by atoms with van der Waals surface area (Å²) in [4.78, 5) is 13.3. The maximum atomic E-state index is 11.1. The second-order valence-corrected chi connectivity index (χ2v) is 5.74. The fraction of sp³-hybridized carbons (Fsp3) is 0.500. The van der Waals surface area contributed by atoms with Crippen LogP contribution in [0.15, 0.2) is 28.7 Å². The molecule has 0 aliphatic rings. The molecule has 0 saturated carbocycles. The first-order chi connectivity index (χ1) is 8.00. The molecule has 1 rings (SSSR count). The topological polar surface area (TPSA) is 20.3 Å². The van der Waals surface area contributed by atoms with Crippen LogP contribution >= 0.6 is 15.9 Å². The number of benzene rings is 1. The minimum absolute atomic E-state index is 0.240. The average molecular weight is 298 g/mol. The fourth-order valence-electron chi connectivity index (χ4n) is 1.82. The molecule has 0 saturated heterocycles. The molecule has 3 heteroatoms. The number of hydrogen-bond acceptors (Lipinski definition) is 2. The molecule has 0 heterocycles. The first kappa shape index (κ1) is 14.4. The van der Waals surface area contributed by atoms with E-state index in [-0.39, 0.29) is 5.41 Å². The van der Waals surface area contributed by atoms with Gasteiger partial charge in [0.2, 0.25) is 0 Å². The van der Waals surface area contributed by atoms with Crippen molar-refractivity contribution in [3.63, 3.8) is 0 Å². The molecule has 1 unspecified atom stereocenters. The van der Waals surface area contributed by atoms with Gasteiger partial charge in [-0.25, -0.2) is 0 Å². The highest BCUT2D eigenvalue weighted by Crippen LogP contribution is 2.22. The van der Waals surface area contributed by atoms with Crippen molar-refractivity contribution in [3.8, 4) is 0 Å². The SMILES string of the molecule is CCC(C)(C=O)CN(C)Cc1ccccc1Br. The Labute approximate surface area is 112 Å². The van der Waals surface area contributed by atoms with Gasteiger partial charge in [0.05, 0.1) is 0 Å². The summed E-state index contributed by atoms with van der Waals surface area (Å²) in [5, 5.41) is 0. The lowest BCUT2D eigenvalue weighted by Crippen LogP contribution is -2.34. The molecular formula is C14H20BrNO. The first-order valence-electron chi connectivity index (χ1n) is 5.89. The molecule has 17 heavy (non-hydrogen) atoms. The Morgan fingerprint density at radius 1 is 1.41 bits per heavy atom. The van der Waals surface area contributed by atoms with Crippen molar-refractivity contribution in [3.05, 3.63) is 34.3 Å². The highest BCUT2D eigenvalue weighted by Gasteiger charge is 2.23. The fourth-order valence-corrected chi connectivity index (χ4v) is 2.23. The number of carbonyl (C=O) groups excluding carboxylic acids is 1. The van der Waals surface area contributed by atoms with Crippen LogP contribution in [0.4, 0.5) is 0 Å². The van der Waals surface area contributed by atoms with Crippen LogP contribution in [0.25, 0.3) is 0 Å². The second-order valence-electron chi connectivity index (χ2n) is 4.89. The zero-order chi connectivity index (χ0) is 12.9. The summed E-state index contributed by atoms with van der Waals surface area (Å²) in [5.41, 5.74) is 1.01. The van der Waals surface area contributed by atoms with Gasteiger partial charge in [-0.1, -0.05) is 48.0 Å². The van der Waals surface area contributed by atoms with E-state index >= 15 is 0 Å². The molecule has 0 N–H and O–H groups in total. The molecule has 1 aromatic carbocycles. The van der Waals surface area contributed by atoms with E-state index in [0.29, 0.717) is 0 Å². The molecule has 0 aliphatic carbocycles. The van der Waals surface area contributed by atoms with Crippen LogP contribution < -0.4 is 0 Å². The Balaban J connectivity index is 2.64. The molecule has 0 radical (unpaired) electrons. The summed E-state index contributed by atoms with van der Waals surface area (Å²) in [7, 11) is 2.05. The number of halogens is 1. The van der Waals surface area contributed by atoms with Crippen molar-refractivity contribution in [2.45, 2.75) is 26.8 Å². The lowest BCUT2D eigenvalue weighted by Gasteiger charge is -2.28. The standard InChI is InChI=1S/C14H20BrNO/c1-4-14(2,11-17)10-16(3)9-12-7-5-6-8-13(12)15/h5-8,11H,4,9-10H2,1-3H3. The number of aldehydes is 1. The summed E-state index contributed by atoms with van der Waals surface area (Å²) >= 11 is 3.54. The Hall–Kier alpha value is -0.670. The summed E-state index contributed by atoms with van der Waals surface area (Å²) < 4.78 is 1.12. The normalized spacial score (nSPS) is 14.6. The highest BCUT2D eigenvalue weighted by molar-refractivity contribution is 9.10. The van der Waals surface area contributed by atoms with Crippen molar-refractivity contribution in [2.24, 2.45) is 5.41 Å². The molecule has 0 aromatic heterocycles. The maximum Gasteiger partial charge on any atom is 0.127 e. The zero-order valence-corrected chi connectivity index (χ0v) is 12.3. The van der Waals surface area contributed by atoms with Crippen molar-refractivity contribution in [1.29, 1.82) is 0 Å². The van der Waals surface area contributed by atoms with E-state index in [1.807, 2.05) is 25.1 Å². The zero-order valence-electron chi connectivity index (χ0n) is 10.7. The minimum Gasteiger partial charge on any atom is -0.303 e. The van der Waals surface area contributed by atoms with E-state index in [4.69, 9.17) is 0 Å². The van der Waals surface area contributed by atoms with E-state index in [2.05, 4.69) is 40.9 Å². The second kappa shape index (κ2) is 6.31. The van der Waals surface area contributed by atoms with Crippen LogP contribution in [0.1, 0.15) is 25.8 Å². The third-order valence-electron chi connectivity index (χ3n) is 3.12. The van der Waals surface area contributed by atoms with Gasteiger partial charge < -0.3 is 9.69 Å². The Bertz CT molecular complexity index is 380. The van der Waals surface area contributed by atoms with Gasteiger partial charge in [-0.15, -0.1) is 0 Å².